The normalized spacial score (nSPS) is 19.6. The standard InChI is InChI=1S/C11H11F2NO/c12-11(13)6-7-14(10(11)15)8-9-4-2-1-3-5-9/h1-5H,6-8H2. The van der Waals surface area contributed by atoms with Crippen molar-refractivity contribution in [2.45, 2.75) is 18.9 Å². The zero-order valence-electron chi connectivity index (χ0n) is 8.12. The molecule has 0 saturated carbocycles. The summed E-state index contributed by atoms with van der Waals surface area (Å²) >= 11 is 0. The summed E-state index contributed by atoms with van der Waals surface area (Å²) in [7, 11) is 0. The van der Waals surface area contributed by atoms with E-state index in [1.807, 2.05) is 30.3 Å². The molecule has 80 valence electrons. The quantitative estimate of drug-likeness (QED) is 0.733. The number of carbonyl (C=O) groups is 1. The van der Waals surface area contributed by atoms with Gasteiger partial charge < -0.3 is 4.90 Å². The van der Waals surface area contributed by atoms with Crippen LogP contribution in [0.1, 0.15) is 12.0 Å². The largest absolute Gasteiger partial charge is 0.333 e. The highest BCUT2D eigenvalue weighted by Crippen LogP contribution is 2.29. The van der Waals surface area contributed by atoms with Gasteiger partial charge in [-0.05, 0) is 5.56 Å². The van der Waals surface area contributed by atoms with Crippen molar-refractivity contribution in [1.82, 2.24) is 4.90 Å². The number of benzene rings is 1. The van der Waals surface area contributed by atoms with E-state index in [9.17, 15) is 13.6 Å². The maximum absolute atomic E-state index is 12.9. The first-order valence-electron chi connectivity index (χ1n) is 4.81. The van der Waals surface area contributed by atoms with Crippen LogP contribution in [0.15, 0.2) is 30.3 Å². The average Bonchev–Trinajstić information content (AvgIpc) is 2.47. The number of hydrogen-bond acceptors (Lipinski definition) is 1. The minimum absolute atomic E-state index is 0.140. The van der Waals surface area contributed by atoms with Crippen molar-refractivity contribution >= 4 is 5.91 Å². The molecule has 4 heteroatoms. The van der Waals surface area contributed by atoms with Crippen molar-refractivity contribution in [3.05, 3.63) is 35.9 Å². The number of halogens is 2. The fraction of sp³-hybridized carbons (Fsp3) is 0.364. The van der Waals surface area contributed by atoms with Gasteiger partial charge >= 0.3 is 5.92 Å². The van der Waals surface area contributed by atoms with Gasteiger partial charge in [-0.2, -0.15) is 8.78 Å². The van der Waals surface area contributed by atoms with Crippen molar-refractivity contribution in [2.75, 3.05) is 6.54 Å². The molecule has 0 radical (unpaired) electrons. The van der Waals surface area contributed by atoms with Gasteiger partial charge in [-0.3, -0.25) is 4.79 Å². The lowest BCUT2D eigenvalue weighted by Gasteiger charge is -2.15. The first-order chi connectivity index (χ1) is 7.09. The van der Waals surface area contributed by atoms with Gasteiger partial charge in [0.2, 0.25) is 0 Å². The topological polar surface area (TPSA) is 20.3 Å². The molecule has 0 unspecified atom stereocenters. The summed E-state index contributed by atoms with van der Waals surface area (Å²) in [4.78, 5) is 12.4. The van der Waals surface area contributed by atoms with Gasteiger partial charge in [-0.25, -0.2) is 0 Å². The molecule has 15 heavy (non-hydrogen) atoms. The Labute approximate surface area is 86.5 Å². The lowest BCUT2D eigenvalue weighted by molar-refractivity contribution is -0.148. The summed E-state index contributed by atoms with van der Waals surface area (Å²) in [6.07, 6.45) is -0.362. The van der Waals surface area contributed by atoms with Gasteiger partial charge in [0.25, 0.3) is 5.91 Å². The first-order valence-corrected chi connectivity index (χ1v) is 4.81. The zero-order chi connectivity index (χ0) is 10.9. The van der Waals surface area contributed by atoms with E-state index in [1.54, 1.807) is 0 Å². The average molecular weight is 211 g/mol. The Kier molecular flexibility index (Phi) is 2.42. The van der Waals surface area contributed by atoms with Gasteiger partial charge in [-0.15, -0.1) is 0 Å². The van der Waals surface area contributed by atoms with Crippen molar-refractivity contribution in [2.24, 2.45) is 0 Å². The number of likely N-dealkylation sites (tertiary alicyclic amines) is 1. The highest BCUT2D eigenvalue weighted by atomic mass is 19.3. The zero-order valence-corrected chi connectivity index (χ0v) is 8.12. The molecule has 1 fully saturated rings. The van der Waals surface area contributed by atoms with E-state index in [4.69, 9.17) is 0 Å². The predicted octanol–water partition coefficient (Wildman–Crippen LogP) is 2.05. The molecule has 0 aliphatic carbocycles. The Hall–Kier alpha value is -1.45. The van der Waals surface area contributed by atoms with Crippen LogP contribution in [-0.2, 0) is 11.3 Å². The van der Waals surface area contributed by atoms with Crippen LogP contribution in [0.2, 0.25) is 0 Å². The number of hydrogen-bond donors (Lipinski definition) is 0. The highest BCUT2D eigenvalue weighted by Gasteiger charge is 2.47. The van der Waals surface area contributed by atoms with Crippen LogP contribution in [-0.4, -0.2) is 23.3 Å². The Balaban J connectivity index is 2.06. The third kappa shape index (κ3) is 1.98. The summed E-state index contributed by atoms with van der Waals surface area (Å²) in [6, 6.07) is 9.15. The Bertz CT molecular complexity index is 364. The lowest BCUT2D eigenvalue weighted by Crippen LogP contribution is -2.32. The third-order valence-corrected chi connectivity index (χ3v) is 2.51. The van der Waals surface area contributed by atoms with Crippen molar-refractivity contribution in [3.63, 3.8) is 0 Å². The van der Waals surface area contributed by atoms with Crippen LogP contribution in [0.4, 0.5) is 8.78 Å². The molecular weight excluding hydrogens is 200 g/mol. The van der Waals surface area contributed by atoms with Crippen molar-refractivity contribution in [3.8, 4) is 0 Å². The summed E-state index contributed by atoms with van der Waals surface area (Å²) in [5.41, 5.74) is 0.878. The van der Waals surface area contributed by atoms with Gasteiger partial charge in [0.05, 0.1) is 0 Å². The number of alkyl halides is 2. The van der Waals surface area contributed by atoms with Gasteiger partial charge in [0, 0.05) is 19.5 Å². The molecule has 1 amide bonds. The lowest BCUT2D eigenvalue weighted by atomic mass is 10.2. The maximum Gasteiger partial charge on any atom is 0.326 e. The van der Waals surface area contributed by atoms with Crippen molar-refractivity contribution in [1.29, 1.82) is 0 Å². The number of carbonyl (C=O) groups excluding carboxylic acids is 1. The molecule has 0 atom stereocenters. The summed E-state index contributed by atoms with van der Waals surface area (Å²) < 4.78 is 25.8. The van der Waals surface area contributed by atoms with Crippen LogP contribution >= 0.6 is 0 Å². The number of rotatable bonds is 2. The molecule has 2 rings (SSSR count). The molecule has 2 nitrogen and oxygen atoms in total. The molecule has 0 N–H and O–H groups in total. The van der Waals surface area contributed by atoms with Crippen LogP contribution in [0.5, 0.6) is 0 Å². The first kappa shape index (κ1) is 10.1. The fourth-order valence-corrected chi connectivity index (χ4v) is 1.67. The van der Waals surface area contributed by atoms with E-state index in [0.29, 0.717) is 0 Å². The van der Waals surface area contributed by atoms with Gasteiger partial charge in [0.15, 0.2) is 0 Å². The molecule has 1 aromatic rings. The second-order valence-corrected chi connectivity index (χ2v) is 3.67. The van der Waals surface area contributed by atoms with E-state index in [1.165, 1.54) is 4.90 Å². The molecule has 0 aromatic heterocycles. The van der Waals surface area contributed by atoms with Crippen LogP contribution in [0, 0.1) is 0 Å². The second kappa shape index (κ2) is 3.61. The van der Waals surface area contributed by atoms with Crippen LogP contribution < -0.4 is 0 Å². The monoisotopic (exact) mass is 211 g/mol. The Morgan fingerprint density at radius 1 is 1.27 bits per heavy atom. The van der Waals surface area contributed by atoms with Crippen molar-refractivity contribution < 1.29 is 13.6 Å². The molecular formula is C11H11F2NO. The summed E-state index contributed by atoms with van der Waals surface area (Å²) in [5.74, 6) is -4.21. The van der Waals surface area contributed by atoms with E-state index in [2.05, 4.69) is 0 Å². The summed E-state index contributed by atoms with van der Waals surface area (Å²) in [5, 5.41) is 0. The molecule has 1 aliphatic heterocycles. The molecule has 1 aliphatic rings. The van der Waals surface area contributed by atoms with E-state index in [-0.39, 0.29) is 19.5 Å². The molecule has 1 saturated heterocycles. The molecule has 0 spiro atoms. The van der Waals surface area contributed by atoms with E-state index in [0.717, 1.165) is 5.56 Å². The SMILES string of the molecule is O=C1N(Cc2ccccc2)CCC1(F)F. The number of amides is 1. The number of nitrogens with zero attached hydrogens (tertiary/aromatic N) is 1. The van der Waals surface area contributed by atoms with E-state index >= 15 is 0 Å². The third-order valence-electron chi connectivity index (χ3n) is 2.51. The Morgan fingerprint density at radius 2 is 1.93 bits per heavy atom. The predicted molar refractivity (Wildman–Crippen MR) is 51.4 cm³/mol. The minimum atomic E-state index is -3.16. The Morgan fingerprint density at radius 3 is 2.47 bits per heavy atom. The maximum atomic E-state index is 12.9. The van der Waals surface area contributed by atoms with Crippen LogP contribution in [0.25, 0.3) is 0 Å². The molecule has 1 aromatic carbocycles. The minimum Gasteiger partial charge on any atom is -0.333 e. The highest BCUT2D eigenvalue weighted by molar-refractivity contribution is 5.85. The molecule has 1 heterocycles. The summed E-state index contributed by atoms with van der Waals surface area (Å²) in [6.45, 7) is 0.413. The van der Waals surface area contributed by atoms with Gasteiger partial charge in [0.1, 0.15) is 0 Å². The smallest absolute Gasteiger partial charge is 0.326 e. The second-order valence-electron chi connectivity index (χ2n) is 3.67. The molecule has 0 bridgehead atoms. The fourth-order valence-electron chi connectivity index (χ4n) is 1.67. The van der Waals surface area contributed by atoms with E-state index < -0.39 is 11.8 Å². The van der Waals surface area contributed by atoms with Crippen LogP contribution in [0.3, 0.4) is 0 Å². The van der Waals surface area contributed by atoms with Gasteiger partial charge in [-0.1, -0.05) is 30.3 Å².